The fourth-order valence-electron chi connectivity index (χ4n) is 2.25. The lowest BCUT2D eigenvalue weighted by molar-refractivity contribution is 0.168. The fourth-order valence-corrected chi connectivity index (χ4v) is 2.25. The van der Waals surface area contributed by atoms with Gasteiger partial charge in [0.15, 0.2) is 11.8 Å². The van der Waals surface area contributed by atoms with Crippen LogP contribution in [0.25, 0.3) is 0 Å². The minimum absolute atomic E-state index is 0.452. The van der Waals surface area contributed by atoms with Crippen molar-refractivity contribution in [2.24, 2.45) is 12.0 Å². The van der Waals surface area contributed by atoms with Gasteiger partial charge in [0.25, 0.3) is 0 Å². The molecule has 0 saturated carbocycles. The molecule has 2 rings (SSSR count). The Hall–Kier alpha value is -2.41. The van der Waals surface area contributed by atoms with E-state index >= 15 is 0 Å². The molecule has 7 heteroatoms. The quantitative estimate of drug-likeness (QED) is 0.526. The average Bonchev–Trinajstić information content (AvgIpc) is 2.92. The Morgan fingerprint density at radius 2 is 2.00 bits per heavy atom. The van der Waals surface area contributed by atoms with Crippen molar-refractivity contribution < 1.29 is 5.11 Å². The molecule has 1 aromatic carbocycles. The minimum atomic E-state index is -0.483. The molecule has 0 aliphatic heterocycles. The zero-order valence-electron chi connectivity index (χ0n) is 14.5. The minimum Gasteiger partial charge on any atom is -0.388 e. The Kier molecular flexibility index (Phi) is 6.74. The number of rotatable bonds is 7. The number of aromatic nitrogens is 3. The predicted molar refractivity (Wildman–Crippen MR) is 94.6 cm³/mol. The number of aliphatic hydroxyl groups excluding tert-OH is 1. The average molecular weight is 330 g/mol. The van der Waals surface area contributed by atoms with Gasteiger partial charge in [-0.3, -0.25) is 0 Å². The first-order valence-electron chi connectivity index (χ1n) is 8.22. The Balaban J connectivity index is 1.86. The van der Waals surface area contributed by atoms with Crippen molar-refractivity contribution in [1.29, 1.82) is 0 Å². The van der Waals surface area contributed by atoms with E-state index in [4.69, 9.17) is 0 Å². The smallest absolute Gasteiger partial charge is 0.191 e. The number of nitrogens with one attached hydrogen (secondary N) is 2. The van der Waals surface area contributed by atoms with E-state index < -0.39 is 6.10 Å². The van der Waals surface area contributed by atoms with E-state index in [1.54, 1.807) is 0 Å². The molecule has 1 heterocycles. The largest absolute Gasteiger partial charge is 0.388 e. The highest BCUT2D eigenvalue weighted by Crippen LogP contribution is 2.14. The van der Waals surface area contributed by atoms with Gasteiger partial charge in [-0.1, -0.05) is 30.3 Å². The topological polar surface area (TPSA) is 87.4 Å². The Labute approximate surface area is 142 Å². The standard InChI is InChI=1S/C17H26N6O/c1-4-18-17(20-12-16-22-21-13(2)23(16)3)19-11-10-15(24)14-8-6-5-7-9-14/h5-9,15,24H,4,10-12H2,1-3H3,(H2,18,19,20). The maximum Gasteiger partial charge on any atom is 0.191 e. The van der Waals surface area contributed by atoms with Crippen LogP contribution >= 0.6 is 0 Å². The van der Waals surface area contributed by atoms with Crippen molar-refractivity contribution in [2.45, 2.75) is 32.9 Å². The van der Waals surface area contributed by atoms with Crippen molar-refractivity contribution in [3.8, 4) is 0 Å². The molecule has 0 spiro atoms. The molecule has 0 aliphatic rings. The number of hydrogen-bond acceptors (Lipinski definition) is 4. The van der Waals surface area contributed by atoms with Gasteiger partial charge in [-0.05, 0) is 25.8 Å². The van der Waals surface area contributed by atoms with Crippen LogP contribution in [0.2, 0.25) is 0 Å². The number of aliphatic hydroxyl groups is 1. The van der Waals surface area contributed by atoms with Crippen molar-refractivity contribution in [3.05, 3.63) is 47.5 Å². The van der Waals surface area contributed by atoms with Crippen molar-refractivity contribution in [3.63, 3.8) is 0 Å². The third-order valence-corrected chi connectivity index (χ3v) is 3.80. The molecule has 0 bridgehead atoms. The summed E-state index contributed by atoms with van der Waals surface area (Å²) in [7, 11) is 1.93. The number of aliphatic imine (C=N–C) groups is 1. The van der Waals surface area contributed by atoms with Crippen molar-refractivity contribution >= 4 is 5.96 Å². The van der Waals surface area contributed by atoms with E-state index in [9.17, 15) is 5.11 Å². The van der Waals surface area contributed by atoms with Crippen LogP contribution in [0, 0.1) is 6.92 Å². The lowest BCUT2D eigenvalue weighted by atomic mass is 10.1. The third kappa shape index (κ3) is 5.06. The summed E-state index contributed by atoms with van der Waals surface area (Å²) in [5.41, 5.74) is 0.927. The van der Waals surface area contributed by atoms with Crippen LogP contribution < -0.4 is 10.6 Å². The second-order valence-electron chi connectivity index (χ2n) is 5.56. The monoisotopic (exact) mass is 330 g/mol. The normalized spacial score (nSPS) is 12.9. The Morgan fingerprint density at radius 1 is 1.25 bits per heavy atom. The second kappa shape index (κ2) is 9.02. The van der Waals surface area contributed by atoms with Crippen LogP contribution in [0.3, 0.4) is 0 Å². The van der Waals surface area contributed by atoms with Gasteiger partial charge in [0.1, 0.15) is 12.4 Å². The van der Waals surface area contributed by atoms with Gasteiger partial charge in [0, 0.05) is 20.1 Å². The van der Waals surface area contributed by atoms with Gasteiger partial charge < -0.3 is 20.3 Å². The fraction of sp³-hybridized carbons (Fsp3) is 0.471. The molecule has 24 heavy (non-hydrogen) atoms. The summed E-state index contributed by atoms with van der Waals surface area (Å²) in [5.74, 6) is 2.39. The molecule has 0 radical (unpaired) electrons. The molecule has 0 saturated heterocycles. The van der Waals surface area contributed by atoms with E-state index in [1.165, 1.54) is 0 Å². The highest BCUT2D eigenvalue weighted by Gasteiger charge is 2.08. The van der Waals surface area contributed by atoms with Crippen LogP contribution in [0.5, 0.6) is 0 Å². The second-order valence-corrected chi connectivity index (χ2v) is 5.56. The summed E-state index contributed by atoms with van der Waals surface area (Å²) in [6.45, 7) is 5.77. The van der Waals surface area contributed by atoms with E-state index in [0.717, 1.165) is 23.8 Å². The molecule has 1 atom stereocenters. The van der Waals surface area contributed by atoms with Gasteiger partial charge in [0.05, 0.1) is 6.10 Å². The summed E-state index contributed by atoms with van der Waals surface area (Å²) in [6.07, 6.45) is 0.125. The highest BCUT2D eigenvalue weighted by atomic mass is 16.3. The lowest BCUT2D eigenvalue weighted by Crippen LogP contribution is -2.38. The van der Waals surface area contributed by atoms with Crippen LogP contribution in [0.4, 0.5) is 0 Å². The first-order valence-corrected chi connectivity index (χ1v) is 8.22. The van der Waals surface area contributed by atoms with E-state index in [0.29, 0.717) is 25.5 Å². The summed E-state index contributed by atoms with van der Waals surface area (Å²) < 4.78 is 1.92. The van der Waals surface area contributed by atoms with Crippen LogP contribution in [0.15, 0.2) is 35.3 Å². The molecule has 2 aromatic rings. The van der Waals surface area contributed by atoms with E-state index in [-0.39, 0.29) is 0 Å². The summed E-state index contributed by atoms with van der Waals surface area (Å²) in [6, 6.07) is 9.67. The maximum atomic E-state index is 10.2. The number of hydrogen-bond donors (Lipinski definition) is 3. The number of guanidine groups is 1. The Bertz CT molecular complexity index is 652. The highest BCUT2D eigenvalue weighted by molar-refractivity contribution is 5.79. The SMILES string of the molecule is CCNC(=NCc1nnc(C)n1C)NCCC(O)c1ccccc1. The van der Waals surface area contributed by atoms with Crippen LogP contribution in [-0.2, 0) is 13.6 Å². The maximum absolute atomic E-state index is 10.2. The zero-order valence-corrected chi connectivity index (χ0v) is 14.5. The molecule has 0 aliphatic carbocycles. The molecular weight excluding hydrogens is 304 g/mol. The van der Waals surface area contributed by atoms with Gasteiger partial charge in [0.2, 0.25) is 0 Å². The summed E-state index contributed by atoms with van der Waals surface area (Å²) >= 11 is 0. The summed E-state index contributed by atoms with van der Waals surface area (Å²) in [4.78, 5) is 4.52. The first-order chi connectivity index (χ1) is 11.6. The third-order valence-electron chi connectivity index (χ3n) is 3.80. The number of nitrogens with zero attached hydrogens (tertiary/aromatic N) is 4. The first kappa shape index (κ1) is 17.9. The molecular formula is C17H26N6O. The van der Waals surface area contributed by atoms with E-state index in [1.807, 2.05) is 55.8 Å². The van der Waals surface area contributed by atoms with Gasteiger partial charge in [-0.2, -0.15) is 0 Å². The van der Waals surface area contributed by atoms with Gasteiger partial charge >= 0.3 is 0 Å². The van der Waals surface area contributed by atoms with Crippen molar-refractivity contribution in [2.75, 3.05) is 13.1 Å². The number of aryl methyl sites for hydroxylation is 1. The lowest BCUT2D eigenvalue weighted by Gasteiger charge is -2.14. The molecule has 0 fully saturated rings. The predicted octanol–water partition coefficient (Wildman–Crippen LogP) is 1.30. The molecule has 1 unspecified atom stereocenters. The summed E-state index contributed by atoms with van der Waals surface area (Å²) in [5, 5.41) is 24.8. The zero-order chi connectivity index (χ0) is 17.4. The number of benzene rings is 1. The Morgan fingerprint density at radius 3 is 2.62 bits per heavy atom. The molecule has 3 N–H and O–H groups in total. The molecule has 0 amide bonds. The van der Waals surface area contributed by atoms with Crippen LogP contribution in [-0.4, -0.2) is 38.9 Å². The van der Waals surface area contributed by atoms with Crippen LogP contribution in [0.1, 0.15) is 36.7 Å². The van der Waals surface area contributed by atoms with Crippen molar-refractivity contribution in [1.82, 2.24) is 25.4 Å². The van der Waals surface area contributed by atoms with Gasteiger partial charge in [-0.25, -0.2) is 4.99 Å². The molecule has 130 valence electrons. The van der Waals surface area contributed by atoms with Gasteiger partial charge in [-0.15, -0.1) is 10.2 Å². The molecule has 7 nitrogen and oxygen atoms in total. The van der Waals surface area contributed by atoms with E-state index in [2.05, 4.69) is 25.8 Å². The molecule has 1 aromatic heterocycles.